The molecule has 0 atom stereocenters. The number of nitrogens with one attached hydrogen (secondary N) is 2. The molecule has 238 valence electrons. The Kier molecular flexibility index (Phi) is 8.71. The van der Waals surface area contributed by atoms with E-state index in [9.17, 15) is 10.2 Å². The summed E-state index contributed by atoms with van der Waals surface area (Å²) in [5.41, 5.74) is 7.07. The van der Waals surface area contributed by atoms with Crippen LogP contribution >= 0.6 is 23.2 Å². The molecule has 2 aliphatic rings. The van der Waals surface area contributed by atoms with Crippen LogP contribution in [0.25, 0.3) is 44.8 Å². The number of aliphatic hydroxyl groups is 2. The van der Waals surface area contributed by atoms with Gasteiger partial charge in [-0.1, -0.05) is 65.7 Å². The van der Waals surface area contributed by atoms with Gasteiger partial charge in [-0.15, -0.1) is 0 Å². The molecule has 3 aromatic heterocycles. The molecule has 2 aromatic carbocycles. The number of hydrogen-bond acceptors (Lipinski definition) is 8. The van der Waals surface area contributed by atoms with Crippen LogP contribution in [-0.2, 0) is 20.1 Å². The van der Waals surface area contributed by atoms with Crippen LogP contribution in [0.15, 0.2) is 60.7 Å². The lowest BCUT2D eigenvalue weighted by Gasteiger charge is -2.32. The summed E-state index contributed by atoms with van der Waals surface area (Å²) in [5.74, 6) is 1.42. The van der Waals surface area contributed by atoms with Crippen LogP contribution < -0.4 is 15.4 Å². The van der Waals surface area contributed by atoms with E-state index in [2.05, 4.69) is 10.6 Å². The zero-order valence-electron chi connectivity index (χ0n) is 25.7. The summed E-state index contributed by atoms with van der Waals surface area (Å²) in [4.78, 5) is 14.5. The molecule has 2 fully saturated rings. The van der Waals surface area contributed by atoms with Crippen molar-refractivity contribution in [2.75, 3.05) is 7.11 Å². The van der Waals surface area contributed by atoms with Gasteiger partial charge in [0.2, 0.25) is 5.88 Å². The van der Waals surface area contributed by atoms with E-state index in [1.54, 1.807) is 7.11 Å². The number of aryl methyl sites for hydroxylation is 1. The highest BCUT2D eigenvalue weighted by atomic mass is 35.5. The molecule has 0 spiro atoms. The lowest BCUT2D eigenvalue weighted by atomic mass is 9.89. The van der Waals surface area contributed by atoms with E-state index in [4.69, 9.17) is 42.9 Å². The number of halogens is 2. The highest BCUT2D eigenvalue weighted by Crippen LogP contribution is 2.42. The number of aliphatic hydroxyl groups excluding tert-OH is 2. The number of methoxy groups -OCH3 is 1. The lowest BCUT2D eigenvalue weighted by molar-refractivity contribution is 0.0613. The first-order valence-electron chi connectivity index (χ1n) is 15.6. The third-order valence-corrected chi connectivity index (χ3v) is 9.98. The van der Waals surface area contributed by atoms with Crippen LogP contribution in [0.3, 0.4) is 0 Å². The summed E-state index contributed by atoms with van der Waals surface area (Å²) >= 11 is 14.2. The van der Waals surface area contributed by atoms with Crippen LogP contribution in [0.4, 0.5) is 0 Å². The molecule has 5 aromatic rings. The zero-order valence-corrected chi connectivity index (χ0v) is 27.2. The molecule has 2 aliphatic carbocycles. The van der Waals surface area contributed by atoms with Crippen LogP contribution in [-0.4, -0.2) is 61.1 Å². The number of imidazole rings is 1. The summed E-state index contributed by atoms with van der Waals surface area (Å²) in [7, 11) is 3.60. The van der Waals surface area contributed by atoms with Gasteiger partial charge >= 0.3 is 0 Å². The van der Waals surface area contributed by atoms with Crippen molar-refractivity contribution < 1.29 is 14.9 Å². The van der Waals surface area contributed by atoms with Gasteiger partial charge in [-0.3, -0.25) is 0 Å². The van der Waals surface area contributed by atoms with Crippen molar-refractivity contribution in [1.29, 1.82) is 0 Å². The minimum atomic E-state index is -0.209. The fourth-order valence-corrected chi connectivity index (χ4v) is 6.88. The molecular formula is C35H36Cl2N6O3. The molecule has 11 heteroatoms. The van der Waals surface area contributed by atoms with Gasteiger partial charge < -0.3 is 30.2 Å². The predicted molar refractivity (Wildman–Crippen MR) is 181 cm³/mol. The Bertz CT molecular complexity index is 1900. The second kappa shape index (κ2) is 12.9. The Morgan fingerprint density at radius 3 is 1.87 bits per heavy atom. The molecule has 9 nitrogen and oxygen atoms in total. The minimum absolute atomic E-state index is 0.201. The first-order valence-corrected chi connectivity index (χ1v) is 16.3. The number of ether oxygens (including phenoxy) is 1. The maximum absolute atomic E-state index is 9.59. The normalized spacial score (nSPS) is 20.8. The van der Waals surface area contributed by atoms with Crippen molar-refractivity contribution in [3.05, 3.63) is 82.1 Å². The number of fused-ring (bicyclic) bond motifs is 1. The Labute approximate surface area is 277 Å². The molecule has 3 heterocycles. The fraction of sp³-hybridized carbons (Fsp3) is 0.343. The Morgan fingerprint density at radius 1 is 0.739 bits per heavy atom. The third kappa shape index (κ3) is 5.99. The molecule has 46 heavy (non-hydrogen) atoms. The van der Waals surface area contributed by atoms with Gasteiger partial charge in [0.1, 0.15) is 5.82 Å². The molecule has 7 rings (SSSR count). The van der Waals surface area contributed by atoms with Crippen molar-refractivity contribution in [2.24, 2.45) is 7.05 Å². The average Bonchev–Trinajstić information content (AvgIpc) is 3.35. The standard InChI is InChI=1S/C35H36Cl2N6O3/c1-43-30-12-11-28(40-34(30)42-31(43)18-39-21-15-23(45)16-21)26-7-3-5-24(32(26)36)25-6-4-8-27(33(25)37)29-10-9-19(35(41-29)46-2)17-38-20-13-22(44)14-20/h3-12,20-23,38-39,44-45H,13-18H2,1-2H3/t20-,21-,22-,23-. The molecule has 0 aliphatic heterocycles. The Hall–Kier alpha value is -3.57. The van der Waals surface area contributed by atoms with Gasteiger partial charge in [-0.05, 0) is 43.9 Å². The molecule has 0 unspecified atom stereocenters. The molecule has 0 saturated heterocycles. The second-order valence-corrected chi connectivity index (χ2v) is 13.0. The molecular weight excluding hydrogens is 623 g/mol. The summed E-state index contributed by atoms with van der Waals surface area (Å²) in [6.07, 6.45) is 2.67. The quantitative estimate of drug-likeness (QED) is 0.146. The summed E-state index contributed by atoms with van der Waals surface area (Å²) in [6, 6.07) is 20.3. The highest BCUT2D eigenvalue weighted by Gasteiger charge is 2.28. The minimum Gasteiger partial charge on any atom is -0.481 e. The van der Waals surface area contributed by atoms with Gasteiger partial charge in [0, 0.05) is 53.5 Å². The van der Waals surface area contributed by atoms with Crippen molar-refractivity contribution in [1.82, 2.24) is 30.2 Å². The largest absolute Gasteiger partial charge is 0.481 e. The lowest BCUT2D eigenvalue weighted by Crippen LogP contribution is -2.44. The Balaban J connectivity index is 1.15. The zero-order chi connectivity index (χ0) is 31.9. The SMILES string of the molecule is COc1nc(-c2cccc(-c3cccc(-c4ccc5c(n4)nc(CN[C@H]4C[C@H](O)C4)n5C)c3Cl)c2Cl)ccc1CN[C@H]1C[C@H](O)C1. The number of pyridine rings is 2. The summed E-state index contributed by atoms with van der Waals surface area (Å²) in [5, 5.41) is 27.2. The highest BCUT2D eigenvalue weighted by molar-refractivity contribution is 6.39. The van der Waals surface area contributed by atoms with E-state index in [0.29, 0.717) is 52.4 Å². The Morgan fingerprint density at radius 2 is 1.28 bits per heavy atom. The maximum Gasteiger partial charge on any atom is 0.218 e. The van der Waals surface area contributed by atoms with Gasteiger partial charge in [0.05, 0.1) is 52.8 Å². The van der Waals surface area contributed by atoms with Gasteiger partial charge in [0.15, 0.2) is 5.65 Å². The molecule has 4 N–H and O–H groups in total. The second-order valence-electron chi connectivity index (χ2n) is 12.2. The molecule has 0 radical (unpaired) electrons. The van der Waals surface area contributed by atoms with Crippen molar-refractivity contribution >= 4 is 34.4 Å². The maximum atomic E-state index is 9.59. The van der Waals surface area contributed by atoms with Crippen LogP contribution in [0.5, 0.6) is 5.88 Å². The topological polar surface area (TPSA) is 117 Å². The smallest absolute Gasteiger partial charge is 0.218 e. The molecule has 0 bridgehead atoms. The van der Waals surface area contributed by atoms with Gasteiger partial charge in [-0.2, -0.15) is 0 Å². The van der Waals surface area contributed by atoms with E-state index in [1.165, 1.54) is 0 Å². The van der Waals surface area contributed by atoms with E-state index < -0.39 is 0 Å². The van der Waals surface area contributed by atoms with E-state index in [1.807, 2.05) is 72.3 Å². The molecule has 2 saturated carbocycles. The fourth-order valence-electron chi connectivity index (χ4n) is 6.23. The predicted octanol–water partition coefficient (Wildman–Crippen LogP) is 5.91. The number of hydrogen-bond donors (Lipinski definition) is 4. The number of rotatable bonds is 10. The van der Waals surface area contributed by atoms with Gasteiger partial charge in [0.25, 0.3) is 0 Å². The average molecular weight is 660 g/mol. The van der Waals surface area contributed by atoms with Crippen LogP contribution in [0.1, 0.15) is 37.1 Å². The number of aromatic nitrogens is 4. The van der Waals surface area contributed by atoms with Crippen LogP contribution in [0, 0.1) is 0 Å². The van der Waals surface area contributed by atoms with Crippen molar-refractivity contribution in [3.8, 4) is 39.5 Å². The number of nitrogens with zero attached hydrogens (tertiary/aromatic N) is 4. The van der Waals surface area contributed by atoms with Crippen molar-refractivity contribution in [2.45, 2.75) is 63.1 Å². The van der Waals surface area contributed by atoms with Crippen LogP contribution in [0.2, 0.25) is 10.0 Å². The summed E-state index contributed by atoms with van der Waals surface area (Å²) in [6.45, 7) is 1.21. The molecule has 0 amide bonds. The van der Waals surface area contributed by atoms with E-state index in [-0.39, 0.29) is 12.2 Å². The number of benzene rings is 2. The monoisotopic (exact) mass is 658 g/mol. The van der Waals surface area contributed by atoms with Gasteiger partial charge in [-0.25, -0.2) is 15.0 Å². The third-order valence-electron chi connectivity index (χ3n) is 9.17. The van der Waals surface area contributed by atoms with E-state index >= 15 is 0 Å². The first kappa shape index (κ1) is 31.1. The first-order chi connectivity index (χ1) is 22.3. The summed E-state index contributed by atoms with van der Waals surface area (Å²) < 4.78 is 7.68. The van der Waals surface area contributed by atoms with E-state index in [0.717, 1.165) is 70.5 Å². The van der Waals surface area contributed by atoms with Crippen molar-refractivity contribution in [3.63, 3.8) is 0 Å².